The van der Waals surface area contributed by atoms with Crippen LogP contribution in [0.4, 0.5) is 18.0 Å². The molecular weight excluding hydrogens is 445 g/mol. The van der Waals surface area contributed by atoms with Gasteiger partial charge in [0, 0.05) is 16.3 Å². The number of rotatable bonds is 4. The van der Waals surface area contributed by atoms with Crippen LogP contribution in [0.25, 0.3) is 10.8 Å². The number of hydrogen-bond acceptors (Lipinski definition) is 6. The van der Waals surface area contributed by atoms with E-state index in [1.807, 2.05) is 25.1 Å². The Morgan fingerprint density at radius 1 is 1.17 bits per heavy atom. The molecule has 1 heterocycles. The molecule has 3 rings (SSSR count). The van der Waals surface area contributed by atoms with Crippen molar-refractivity contribution in [2.24, 2.45) is 0 Å². The van der Waals surface area contributed by atoms with Gasteiger partial charge >= 0.3 is 11.7 Å². The predicted molar refractivity (Wildman–Crippen MR) is 107 cm³/mol. The molecule has 0 bridgehead atoms. The molecule has 166 valence electrons. The van der Waals surface area contributed by atoms with Crippen LogP contribution in [-0.2, 0) is 25.7 Å². The average molecular weight is 466 g/mol. The van der Waals surface area contributed by atoms with Gasteiger partial charge in [-0.25, -0.2) is 13.2 Å². The van der Waals surface area contributed by atoms with E-state index in [1.54, 1.807) is 0 Å². The summed E-state index contributed by atoms with van der Waals surface area (Å²) in [5.41, 5.74) is -5.65. The molecule has 30 heavy (non-hydrogen) atoms. The molecule has 1 fully saturated rings. The van der Waals surface area contributed by atoms with Crippen molar-refractivity contribution in [3.8, 4) is 5.75 Å². The second kappa shape index (κ2) is 10.4. The van der Waals surface area contributed by atoms with E-state index in [-0.39, 0.29) is 0 Å². The topological polar surface area (TPSA) is 92.7 Å². The van der Waals surface area contributed by atoms with E-state index in [9.17, 15) is 18.0 Å². The number of hydrogen-bond donors (Lipinski definition) is 0. The minimum Gasteiger partial charge on any atom is -0.741 e. The van der Waals surface area contributed by atoms with Crippen molar-refractivity contribution in [1.29, 1.82) is 0 Å². The molecule has 0 aromatic heterocycles. The maximum atomic E-state index is 11.6. The van der Waals surface area contributed by atoms with E-state index >= 15 is 0 Å². The molecule has 2 aromatic carbocycles. The van der Waals surface area contributed by atoms with Crippen molar-refractivity contribution in [2.45, 2.75) is 36.6 Å². The quantitative estimate of drug-likeness (QED) is 0.215. The Hall–Kier alpha value is -1.98. The van der Waals surface area contributed by atoms with Crippen LogP contribution in [0.1, 0.15) is 26.2 Å². The van der Waals surface area contributed by atoms with Crippen LogP contribution in [0.15, 0.2) is 41.3 Å². The molecule has 11 heteroatoms. The molecular formula is C19H21F3O6S2. The molecule has 0 spiro atoms. The first kappa shape index (κ1) is 24.3. The van der Waals surface area contributed by atoms with Crippen LogP contribution >= 0.6 is 0 Å². The molecule has 0 aliphatic carbocycles. The van der Waals surface area contributed by atoms with Gasteiger partial charge in [-0.1, -0.05) is 25.1 Å². The second-order valence-corrected chi connectivity index (χ2v) is 9.96. The zero-order valence-electron chi connectivity index (χ0n) is 16.1. The second-order valence-electron chi connectivity index (χ2n) is 6.35. The monoisotopic (exact) mass is 466 g/mol. The molecule has 0 radical (unpaired) electrons. The molecule has 6 nitrogen and oxygen atoms in total. The van der Waals surface area contributed by atoms with Gasteiger partial charge in [-0.2, -0.15) is 13.2 Å². The lowest BCUT2D eigenvalue weighted by Gasteiger charge is -2.08. The number of halogens is 3. The summed E-state index contributed by atoms with van der Waals surface area (Å²) in [6, 6.07) is 12.3. The van der Waals surface area contributed by atoms with E-state index < -0.39 is 21.8 Å². The van der Waals surface area contributed by atoms with E-state index in [2.05, 4.69) is 18.2 Å². The molecule has 2 aromatic rings. The van der Waals surface area contributed by atoms with E-state index in [4.69, 9.17) is 22.4 Å². The fourth-order valence-electron chi connectivity index (χ4n) is 2.72. The van der Waals surface area contributed by atoms with Crippen LogP contribution in [0.2, 0.25) is 0 Å². The van der Waals surface area contributed by atoms with Gasteiger partial charge in [-0.15, -0.1) is 0 Å². The average Bonchev–Trinajstić information content (AvgIpc) is 3.19. The highest BCUT2D eigenvalue weighted by atomic mass is 32.2. The molecule has 0 saturated carbocycles. The Morgan fingerprint density at radius 2 is 1.80 bits per heavy atom. The third-order valence-electron chi connectivity index (χ3n) is 4.06. The molecule has 0 N–H and O–H groups in total. The van der Waals surface area contributed by atoms with Crippen LogP contribution in [0.5, 0.6) is 5.75 Å². The molecule has 1 saturated heterocycles. The van der Waals surface area contributed by atoms with E-state index in [0.717, 1.165) is 6.42 Å². The lowest BCUT2D eigenvalue weighted by atomic mass is 10.1. The smallest absolute Gasteiger partial charge is 0.513 e. The minimum atomic E-state index is -6.09. The Morgan fingerprint density at radius 3 is 2.37 bits per heavy atom. The number of fused-ring (bicyclic) bond motifs is 1. The van der Waals surface area contributed by atoms with E-state index in [1.165, 1.54) is 40.0 Å². The number of benzene rings is 2. The molecule has 0 unspecified atom stereocenters. The largest absolute Gasteiger partial charge is 0.741 e. The van der Waals surface area contributed by atoms with Crippen LogP contribution < -0.4 is 4.74 Å². The zero-order chi connectivity index (χ0) is 22.4. The summed E-state index contributed by atoms with van der Waals surface area (Å²) in [5.74, 6) is 3.12. The first-order chi connectivity index (χ1) is 14.0. The van der Waals surface area contributed by atoms with Crippen molar-refractivity contribution in [2.75, 3.05) is 18.1 Å². The number of carbonyl (C=O) groups is 1. The highest BCUT2D eigenvalue weighted by molar-refractivity contribution is 7.97. The van der Waals surface area contributed by atoms with Crippen molar-refractivity contribution in [3.05, 3.63) is 36.4 Å². The summed E-state index contributed by atoms with van der Waals surface area (Å²) < 4.78 is 69.2. The zero-order valence-corrected chi connectivity index (χ0v) is 17.7. The predicted octanol–water partition coefficient (Wildman–Crippen LogP) is 4.59. The van der Waals surface area contributed by atoms with Crippen LogP contribution in [0, 0.1) is 0 Å². The standard InChI is InChI=1S/C18H21O3S.CHF3O3S/c1-2-10-20-18(19)21-15-9-8-14-6-5-7-17(16(14)13-15)22-11-3-4-12-22;2-1(3,4)8(5,6)7/h5-9,13H,2-4,10-12H2,1H3;(H,5,6,7)/q+1;/p-1. The van der Waals surface area contributed by atoms with Gasteiger partial charge in [0.15, 0.2) is 15.0 Å². The summed E-state index contributed by atoms with van der Waals surface area (Å²) in [6.45, 7) is 2.35. The molecule has 1 aliphatic heterocycles. The number of carbonyl (C=O) groups excluding carboxylic acids is 1. The summed E-state index contributed by atoms with van der Waals surface area (Å²) in [6.07, 6.45) is 2.81. The summed E-state index contributed by atoms with van der Waals surface area (Å²) in [7, 11) is -5.75. The molecule has 0 amide bonds. The van der Waals surface area contributed by atoms with Crippen LogP contribution in [0.3, 0.4) is 0 Å². The highest BCUT2D eigenvalue weighted by Crippen LogP contribution is 2.32. The van der Waals surface area contributed by atoms with Gasteiger partial charge < -0.3 is 14.0 Å². The third kappa shape index (κ3) is 6.78. The SMILES string of the molecule is CCCOC(=O)Oc1ccc2cccc([S+]3CCCC3)c2c1.O=S(=O)([O-])C(F)(F)F. The third-order valence-corrected chi connectivity index (χ3v) is 7.17. The maximum absolute atomic E-state index is 11.6. The first-order valence-corrected chi connectivity index (χ1v) is 12.1. The number of alkyl halides is 3. The maximum Gasteiger partial charge on any atom is 0.513 e. The van der Waals surface area contributed by atoms with Gasteiger partial charge in [0.1, 0.15) is 17.3 Å². The van der Waals surface area contributed by atoms with Gasteiger partial charge in [0.05, 0.1) is 6.61 Å². The summed E-state index contributed by atoms with van der Waals surface area (Å²) in [5, 5.41) is 2.40. The lowest BCUT2D eigenvalue weighted by Crippen LogP contribution is -2.21. The Kier molecular flexibility index (Phi) is 8.39. The summed E-state index contributed by atoms with van der Waals surface area (Å²) in [4.78, 5) is 13.0. The minimum absolute atomic E-state index is 0.337. The van der Waals surface area contributed by atoms with Crippen molar-refractivity contribution < 1.29 is 40.4 Å². The summed E-state index contributed by atoms with van der Waals surface area (Å²) >= 11 is 0. The Labute approximate surface area is 175 Å². The lowest BCUT2D eigenvalue weighted by molar-refractivity contribution is -0.0517. The number of ether oxygens (including phenoxy) is 2. The van der Waals surface area contributed by atoms with Crippen molar-refractivity contribution in [3.63, 3.8) is 0 Å². The Bertz CT molecular complexity index is 970. The normalized spacial score (nSPS) is 14.8. The van der Waals surface area contributed by atoms with Gasteiger partial charge in [-0.05, 0) is 42.8 Å². The van der Waals surface area contributed by atoms with Gasteiger partial charge in [0.25, 0.3) is 0 Å². The van der Waals surface area contributed by atoms with Crippen LogP contribution in [-0.4, -0.2) is 42.7 Å². The molecule has 1 aliphatic rings. The highest BCUT2D eigenvalue weighted by Gasteiger charge is 2.37. The first-order valence-electron chi connectivity index (χ1n) is 9.10. The fourth-order valence-corrected chi connectivity index (χ4v) is 5.23. The van der Waals surface area contributed by atoms with E-state index in [0.29, 0.717) is 23.3 Å². The van der Waals surface area contributed by atoms with Gasteiger partial charge in [-0.3, -0.25) is 0 Å². The fraction of sp³-hybridized carbons (Fsp3) is 0.421. The van der Waals surface area contributed by atoms with Crippen molar-refractivity contribution >= 4 is 37.9 Å². The van der Waals surface area contributed by atoms with Gasteiger partial charge in [0.2, 0.25) is 0 Å². The molecule has 0 atom stereocenters. The van der Waals surface area contributed by atoms with Crippen molar-refractivity contribution in [1.82, 2.24) is 0 Å². The Balaban J connectivity index is 0.000000343.